The van der Waals surface area contributed by atoms with Crippen LogP contribution in [0.1, 0.15) is 30.9 Å². The van der Waals surface area contributed by atoms with Crippen molar-refractivity contribution in [3.05, 3.63) is 69.8 Å². The number of aromatic amines is 1. The zero-order valence-electron chi connectivity index (χ0n) is 14.0. The maximum Gasteiger partial charge on any atom is 0.251 e. The maximum absolute atomic E-state index is 11.5. The molecule has 0 amide bonds. The third-order valence-electron chi connectivity index (χ3n) is 4.46. The maximum atomic E-state index is 11.5. The number of pyridine rings is 1. The molecule has 0 spiro atoms. The molecule has 0 fully saturated rings. The minimum atomic E-state index is -0.161. The number of rotatable bonds is 3. The van der Waals surface area contributed by atoms with Crippen LogP contribution >= 0.6 is 0 Å². The first-order valence-electron chi connectivity index (χ1n) is 7.86. The first kappa shape index (κ1) is 16.2. The Kier molecular flexibility index (Phi) is 4.38. The second-order valence-electron chi connectivity index (χ2n) is 6.03. The number of H-pyrrole nitrogens is 1. The van der Waals surface area contributed by atoms with E-state index in [9.17, 15) is 4.79 Å². The molecule has 2 aromatic rings. The molecule has 2 aromatic heterocycles. The van der Waals surface area contributed by atoms with E-state index in [0.29, 0.717) is 11.3 Å². The second-order valence-corrected chi connectivity index (χ2v) is 6.03. The van der Waals surface area contributed by atoms with Gasteiger partial charge in [-0.2, -0.15) is 0 Å². The third-order valence-corrected chi connectivity index (χ3v) is 4.46. The van der Waals surface area contributed by atoms with Crippen LogP contribution in [0.3, 0.4) is 0 Å². The summed E-state index contributed by atoms with van der Waals surface area (Å²) in [5.74, 6) is 0.574. The van der Waals surface area contributed by atoms with Crippen LogP contribution in [0.5, 0.6) is 0 Å². The molecule has 0 bridgehead atoms. The Balaban J connectivity index is 1.86. The number of hydrogen-bond acceptors (Lipinski definition) is 4. The van der Waals surface area contributed by atoms with Gasteiger partial charge in [-0.1, -0.05) is 18.1 Å². The van der Waals surface area contributed by atoms with Gasteiger partial charge >= 0.3 is 0 Å². The fraction of sp³-hybridized carbons (Fsp3) is 0.278. The lowest BCUT2D eigenvalue weighted by Gasteiger charge is -2.32. The predicted octanol–water partition coefficient (Wildman–Crippen LogP) is 1.32. The van der Waals surface area contributed by atoms with E-state index in [0.717, 1.165) is 47.6 Å². The van der Waals surface area contributed by atoms with E-state index in [1.165, 1.54) is 12.3 Å². The minimum absolute atomic E-state index is 0.161. The molecular weight excluding hydrogens is 299 g/mol. The van der Waals surface area contributed by atoms with Gasteiger partial charge in [-0.3, -0.25) is 9.78 Å². The smallest absolute Gasteiger partial charge is 0.251 e. The van der Waals surface area contributed by atoms with Gasteiger partial charge in [0.15, 0.2) is 0 Å². The van der Waals surface area contributed by atoms with Gasteiger partial charge < -0.3 is 9.88 Å². The highest BCUT2D eigenvalue weighted by atomic mass is 16.1. The lowest BCUT2D eigenvalue weighted by molar-refractivity contribution is 0.326. The van der Waals surface area contributed by atoms with E-state index in [1.807, 2.05) is 19.9 Å². The number of nitrogens with zero attached hydrogens (tertiary/aromatic N) is 3. The van der Waals surface area contributed by atoms with E-state index in [2.05, 4.69) is 26.4 Å². The second kappa shape index (κ2) is 6.47. The summed E-state index contributed by atoms with van der Waals surface area (Å²) in [6.45, 7) is 9.76. The van der Waals surface area contributed by atoms with Crippen LogP contribution in [0.15, 0.2) is 47.2 Å². The summed E-state index contributed by atoms with van der Waals surface area (Å²) in [5.41, 5.74) is 5.59. The first-order valence-corrected chi connectivity index (χ1v) is 7.86. The van der Waals surface area contributed by atoms with E-state index >= 15 is 0 Å². The van der Waals surface area contributed by atoms with E-state index in [4.69, 9.17) is 7.85 Å². The lowest BCUT2D eigenvalue weighted by Crippen LogP contribution is -2.31. The van der Waals surface area contributed by atoms with Crippen LogP contribution in [0, 0.1) is 0 Å². The molecule has 6 heteroatoms. The van der Waals surface area contributed by atoms with Crippen LogP contribution in [-0.4, -0.2) is 34.2 Å². The number of fused-ring (bicyclic) bond motifs is 1. The fourth-order valence-electron chi connectivity index (χ4n) is 2.87. The van der Waals surface area contributed by atoms with Crippen LogP contribution in [0.4, 0.5) is 0 Å². The van der Waals surface area contributed by atoms with Crippen molar-refractivity contribution in [2.75, 3.05) is 6.54 Å². The molecule has 120 valence electrons. The van der Waals surface area contributed by atoms with E-state index < -0.39 is 0 Å². The predicted molar refractivity (Wildman–Crippen MR) is 96.0 cm³/mol. The van der Waals surface area contributed by atoms with Gasteiger partial charge in [0.1, 0.15) is 13.7 Å². The molecule has 2 radical (unpaired) electrons. The molecule has 1 aliphatic heterocycles. The molecule has 5 nitrogen and oxygen atoms in total. The van der Waals surface area contributed by atoms with Crippen molar-refractivity contribution in [3.63, 3.8) is 0 Å². The number of aromatic nitrogens is 3. The van der Waals surface area contributed by atoms with Gasteiger partial charge in [0, 0.05) is 49.4 Å². The molecule has 1 N–H and O–H groups in total. The van der Waals surface area contributed by atoms with E-state index in [1.54, 1.807) is 6.20 Å². The normalized spacial score (nSPS) is 14.8. The van der Waals surface area contributed by atoms with Gasteiger partial charge in [0.2, 0.25) is 0 Å². The minimum Gasteiger partial charge on any atom is -0.367 e. The summed E-state index contributed by atoms with van der Waals surface area (Å²) in [7, 11) is 5.85. The van der Waals surface area contributed by atoms with E-state index in [-0.39, 0.29) is 5.56 Å². The van der Waals surface area contributed by atoms with Crippen LogP contribution in [0.2, 0.25) is 0 Å². The Hall–Kier alpha value is -2.63. The largest absolute Gasteiger partial charge is 0.367 e. The molecule has 0 saturated heterocycles. The summed E-state index contributed by atoms with van der Waals surface area (Å²) in [6, 6.07) is 3.38. The molecular formula is C18H19BN4O. The molecule has 24 heavy (non-hydrogen) atoms. The van der Waals surface area contributed by atoms with Crippen molar-refractivity contribution in [1.29, 1.82) is 0 Å². The molecule has 0 aromatic carbocycles. The lowest BCUT2D eigenvalue weighted by atomic mass is 9.93. The first-order chi connectivity index (χ1) is 11.5. The van der Waals surface area contributed by atoms with Crippen LogP contribution in [0.25, 0.3) is 5.57 Å². The summed E-state index contributed by atoms with van der Waals surface area (Å²) < 4.78 is 0. The Bertz CT molecular complexity index is 885. The quantitative estimate of drug-likeness (QED) is 0.685. The Morgan fingerprint density at radius 3 is 2.92 bits per heavy atom. The summed E-state index contributed by atoms with van der Waals surface area (Å²) in [6.07, 6.45) is 4.08. The van der Waals surface area contributed by atoms with Gasteiger partial charge in [0.05, 0.1) is 0 Å². The summed E-state index contributed by atoms with van der Waals surface area (Å²) in [5, 5.41) is 0. The zero-order chi connectivity index (χ0) is 17.3. The Morgan fingerprint density at radius 1 is 1.38 bits per heavy atom. The van der Waals surface area contributed by atoms with Gasteiger partial charge in [-0.15, -0.1) is 0 Å². The molecule has 0 unspecified atom stereocenters. The highest BCUT2D eigenvalue weighted by Crippen LogP contribution is 2.26. The molecule has 0 aliphatic carbocycles. The highest BCUT2D eigenvalue weighted by Gasteiger charge is 2.20. The third kappa shape index (κ3) is 3.18. The monoisotopic (exact) mass is 318 g/mol. The number of hydrogen-bond donors (Lipinski definition) is 1. The Morgan fingerprint density at radius 2 is 2.17 bits per heavy atom. The Labute approximate surface area is 142 Å². The fourth-order valence-corrected chi connectivity index (χ4v) is 2.87. The highest BCUT2D eigenvalue weighted by molar-refractivity contribution is 6.32. The summed E-state index contributed by atoms with van der Waals surface area (Å²) >= 11 is 0. The van der Waals surface area contributed by atoms with Crippen molar-refractivity contribution in [3.8, 4) is 0 Å². The number of nitrogens with one attached hydrogen (secondary N) is 1. The topological polar surface area (TPSA) is 61.9 Å². The van der Waals surface area contributed by atoms with Crippen molar-refractivity contribution in [2.24, 2.45) is 0 Å². The molecule has 0 atom stereocenters. The summed E-state index contributed by atoms with van der Waals surface area (Å²) in [4.78, 5) is 25.1. The average Bonchev–Trinajstić information content (AvgIpc) is 2.59. The number of allylic oxidation sites excluding steroid dienone is 2. The van der Waals surface area contributed by atoms with Crippen LogP contribution < -0.4 is 11.0 Å². The average molecular weight is 318 g/mol. The van der Waals surface area contributed by atoms with Crippen molar-refractivity contribution in [2.45, 2.75) is 26.8 Å². The van der Waals surface area contributed by atoms with Crippen molar-refractivity contribution in [1.82, 2.24) is 19.9 Å². The molecule has 3 rings (SSSR count). The van der Waals surface area contributed by atoms with Crippen molar-refractivity contribution < 1.29 is 0 Å². The van der Waals surface area contributed by atoms with Crippen molar-refractivity contribution >= 4 is 18.9 Å². The molecule has 3 heterocycles. The van der Waals surface area contributed by atoms with Gasteiger partial charge in [-0.05, 0) is 30.6 Å². The molecule has 0 saturated carbocycles. The standard InChI is InChI=1S/C18H19BN4O/c1-11(12(2)18-20-6-4-17(24)22-18)13(3)23-7-5-16-14(10-23)8-15(19)9-21-16/h4,6,8-9H,3,5,7,10H2,1-2H3,(H,20,22,24)/b12-11-. The van der Waals surface area contributed by atoms with Crippen LogP contribution in [-0.2, 0) is 13.0 Å². The van der Waals surface area contributed by atoms with Gasteiger partial charge in [0.25, 0.3) is 5.56 Å². The zero-order valence-corrected chi connectivity index (χ0v) is 14.0. The SMILES string of the molecule is [B]c1cnc2c(c1)CN(C(=C)/C(C)=C(/C)c1nccc(=O)[nH]1)CC2. The molecule has 1 aliphatic rings. The van der Waals surface area contributed by atoms with Gasteiger partial charge in [-0.25, -0.2) is 4.98 Å².